The number of rotatable bonds is 6. The standard InChI is InChI=1S/C13H26N2OS/c1-10(2)15-13(3,12(14)16)9-17-11-7-5-4-6-8-11/h10-11,15H,4-9H2,1-3H3,(H2,14,16). The van der Waals surface area contributed by atoms with Gasteiger partial charge in [-0.05, 0) is 33.6 Å². The van der Waals surface area contributed by atoms with Gasteiger partial charge >= 0.3 is 0 Å². The third kappa shape index (κ3) is 4.88. The Morgan fingerprint density at radius 3 is 2.47 bits per heavy atom. The van der Waals surface area contributed by atoms with E-state index in [1.54, 1.807) is 0 Å². The van der Waals surface area contributed by atoms with E-state index in [9.17, 15) is 4.79 Å². The summed E-state index contributed by atoms with van der Waals surface area (Å²) in [6.45, 7) is 6.02. The zero-order valence-electron chi connectivity index (χ0n) is 11.3. The molecule has 100 valence electrons. The molecule has 1 atom stereocenters. The molecular weight excluding hydrogens is 232 g/mol. The molecule has 0 aromatic rings. The highest BCUT2D eigenvalue weighted by molar-refractivity contribution is 8.00. The van der Waals surface area contributed by atoms with Gasteiger partial charge in [-0.1, -0.05) is 19.3 Å². The molecule has 0 aromatic heterocycles. The molecule has 3 nitrogen and oxygen atoms in total. The predicted octanol–water partition coefficient (Wildman–Crippen LogP) is 2.29. The molecule has 1 rings (SSSR count). The molecule has 0 heterocycles. The van der Waals surface area contributed by atoms with E-state index in [1.807, 2.05) is 32.5 Å². The molecule has 3 N–H and O–H groups in total. The van der Waals surface area contributed by atoms with Gasteiger partial charge in [0.2, 0.25) is 5.91 Å². The lowest BCUT2D eigenvalue weighted by atomic mass is 10.0. The summed E-state index contributed by atoms with van der Waals surface area (Å²) in [5, 5.41) is 4.02. The molecule has 0 bridgehead atoms. The molecule has 1 fully saturated rings. The molecule has 0 saturated heterocycles. The van der Waals surface area contributed by atoms with Crippen LogP contribution >= 0.6 is 11.8 Å². The second-order valence-electron chi connectivity index (χ2n) is 5.57. The van der Waals surface area contributed by atoms with E-state index in [-0.39, 0.29) is 11.9 Å². The first-order valence-corrected chi connectivity index (χ1v) is 7.68. The Kier molecular flexibility index (Phi) is 5.80. The van der Waals surface area contributed by atoms with Gasteiger partial charge in [0.15, 0.2) is 0 Å². The molecule has 1 saturated carbocycles. The van der Waals surface area contributed by atoms with Crippen LogP contribution in [0, 0.1) is 0 Å². The number of primary amides is 1. The number of thioether (sulfide) groups is 1. The van der Waals surface area contributed by atoms with E-state index in [2.05, 4.69) is 5.32 Å². The van der Waals surface area contributed by atoms with E-state index >= 15 is 0 Å². The van der Waals surface area contributed by atoms with Crippen molar-refractivity contribution in [3.05, 3.63) is 0 Å². The summed E-state index contributed by atoms with van der Waals surface area (Å²) < 4.78 is 0. The minimum Gasteiger partial charge on any atom is -0.368 e. The SMILES string of the molecule is CC(C)NC(C)(CSC1CCCCC1)C(N)=O. The summed E-state index contributed by atoms with van der Waals surface area (Å²) in [6, 6.07) is 0.277. The van der Waals surface area contributed by atoms with E-state index in [0.717, 1.165) is 11.0 Å². The number of hydrogen-bond acceptors (Lipinski definition) is 3. The zero-order valence-corrected chi connectivity index (χ0v) is 12.1. The summed E-state index contributed by atoms with van der Waals surface area (Å²) in [5.41, 5.74) is 4.95. The Hall–Kier alpha value is -0.220. The van der Waals surface area contributed by atoms with Crippen molar-refractivity contribution in [1.82, 2.24) is 5.32 Å². The fourth-order valence-corrected chi connectivity index (χ4v) is 3.80. The highest BCUT2D eigenvalue weighted by Gasteiger charge is 2.32. The molecule has 4 heteroatoms. The highest BCUT2D eigenvalue weighted by Crippen LogP contribution is 2.30. The van der Waals surface area contributed by atoms with Gasteiger partial charge in [0, 0.05) is 17.0 Å². The van der Waals surface area contributed by atoms with Crippen LogP contribution in [0.15, 0.2) is 0 Å². The summed E-state index contributed by atoms with van der Waals surface area (Å²) in [5.74, 6) is 0.542. The first-order valence-electron chi connectivity index (χ1n) is 6.63. The quantitative estimate of drug-likeness (QED) is 0.768. The van der Waals surface area contributed by atoms with E-state index < -0.39 is 5.54 Å². The maximum absolute atomic E-state index is 11.6. The largest absolute Gasteiger partial charge is 0.368 e. The Balaban J connectivity index is 2.45. The van der Waals surface area contributed by atoms with Gasteiger partial charge in [0.1, 0.15) is 5.54 Å². The molecule has 0 aliphatic heterocycles. The fourth-order valence-electron chi connectivity index (χ4n) is 2.34. The first kappa shape index (κ1) is 14.8. The van der Waals surface area contributed by atoms with Crippen LogP contribution < -0.4 is 11.1 Å². The maximum atomic E-state index is 11.6. The van der Waals surface area contributed by atoms with Crippen molar-refractivity contribution < 1.29 is 4.79 Å². The van der Waals surface area contributed by atoms with Crippen molar-refractivity contribution in [2.45, 2.75) is 69.7 Å². The summed E-state index contributed by atoms with van der Waals surface area (Å²) in [4.78, 5) is 11.6. The van der Waals surface area contributed by atoms with Crippen LogP contribution in [0.5, 0.6) is 0 Å². The molecule has 1 unspecified atom stereocenters. The number of nitrogens with one attached hydrogen (secondary N) is 1. The lowest BCUT2D eigenvalue weighted by Crippen LogP contribution is -2.57. The normalized spacial score (nSPS) is 21.4. The van der Waals surface area contributed by atoms with Crippen LogP contribution in [0.2, 0.25) is 0 Å². The van der Waals surface area contributed by atoms with Crippen LogP contribution in [-0.2, 0) is 4.79 Å². The van der Waals surface area contributed by atoms with Crippen molar-refractivity contribution in [3.8, 4) is 0 Å². The molecule has 17 heavy (non-hydrogen) atoms. The molecule has 0 spiro atoms. The molecule has 1 aliphatic rings. The van der Waals surface area contributed by atoms with E-state index in [1.165, 1.54) is 32.1 Å². The molecule has 1 aliphatic carbocycles. The highest BCUT2D eigenvalue weighted by atomic mass is 32.2. The number of carbonyl (C=O) groups is 1. The Morgan fingerprint density at radius 1 is 1.41 bits per heavy atom. The van der Waals surface area contributed by atoms with E-state index in [0.29, 0.717) is 0 Å². The van der Waals surface area contributed by atoms with Gasteiger partial charge in [-0.3, -0.25) is 4.79 Å². The third-order valence-electron chi connectivity index (χ3n) is 3.31. The van der Waals surface area contributed by atoms with Gasteiger partial charge in [0.25, 0.3) is 0 Å². The van der Waals surface area contributed by atoms with Crippen molar-refractivity contribution in [2.24, 2.45) is 5.73 Å². The Bertz CT molecular complexity index is 252. The van der Waals surface area contributed by atoms with Crippen LogP contribution in [0.1, 0.15) is 52.9 Å². The topological polar surface area (TPSA) is 55.1 Å². The number of carbonyl (C=O) groups excluding carboxylic acids is 1. The molecule has 1 amide bonds. The Labute approximate surface area is 109 Å². The van der Waals surface area contributed by atoms with Crippen molar-refractivity contribution >= 4 is 17.7 Å². The van der Waals surface area contributed by atoms with Crippen LogP contribution in [0.4, 0.5) is 0 Å². The van der Waals surface area contributed by atoms with Crippen LogP contribution in [-0.4, -0.2) is 28.5 Å². The van der Waals surface area contributed by atoms with Crippen molar-refractivity contribution in [1.29, 1.82) is 0 Å². The molecule has 0 aromatic carbocycles. The average Bonchev–Trinajstić information content (AvgIpc) is 2.27. The smallest absolute Gasteiger partial charge is 0.238 e. The second kappa shape index (κ2) is 6.64. The minimum absolute atomic E-state index is 0.241. The fraction of sp³-hybridized carbons (Fsp3) is 0.923. The monoisotopic (exact) mass is 258 g/mol. The lowest BCUT2D eigenvalue weighted by Gasteiger charge is -2.32. The van der Waals surface area contributed by atoms with Gasteiger partial charge in [-0.2, -0.15) is 11.8 Å². The number of hydrogen-bond donors (Lipinski definition) is 2. The van der Waals surface area contributed by atoms with Gasteiger partial charge < -0.3 is 11.1 Å². The van der Waals surface area contributed by atoms with Gasteiger partial charge in [-0.25, -0.2) is 0 Å². The predicted molar refractivity (Wildman–Crippen MR) is 75.2 cm³/mol. The number of amides is 1. The van der Waals surface area contributed by atoms with Crippen LogP contribution in [0.3, 0.4) is 0 Å². The number of nitrogens with two attached hydrogens (primary N) is 1. The zero-order chi connectivity index (χ0) is 12.9. The Morgan fingerprint density at radius 2 is 2.00 bits per heavy atom. The summed E-state index contributed by atoms with van der Waals surface area (Å²) in [6.07, 6.45) is 6.63. The minimum atomic E-state index is -0.573. The summed E-state index contributed by atoms with van der Waals surface area (Å²) in [7, 11) is 0. The van der Waals surface area contributed by atoms with Gasteiger partial charge in [-0.15, -0.1) is 0 Å². The summed E-state index contributed by atoms with van der Waals surface area (Å²) >= 11 is 1.91. The average molecular weight is 258 g/mol. The third-order valence-corrected chi connectivity index (χ3v) is 5.00. The first-order chi connectivity index (χ1) is 7.94. The second-order valence-corrected chi connectivity index (χ2v) is 6.86. The van der Waals surface area contributed by atoms with Crippen LogP contribution in [0.25, 0.3) is 0 Å². The lowest BCUT2D eigenvalue weighted by molar-refractivity contribution is -0.123. The van der Waals surface area contributed by atoms with E-state index in [4.69, 9.17) is 5.73 Å². The maximum Gasteiger partial charge on any atom is 0.238 e. The van der Waals surface area contributed by atoms with Crippen molar-refractivity contribution in [3.63, 3.8) is 0 Å². The van der Waals surface area contributed by atoms with Gasteiger partial charge in [0.05, 0.1) is 0 Å². The molecular formula is C13H26N2OS. The molecule has 0 radical (unpaired) electrons. The van der Waals surface area contributed by atoms with Crippen molar-refractivity contribution in [2.75, 3.05) is 5.75 Å².